The lowest BCUT2D eigenvalue weighted by Crippen LogP contribution is -2.69. The highest BCUT2D eigenvalue weighted by Crippen LogP contribution is 2.71. The zero-order chi connectivity index (χ0) is 27.2. The van der Waals surface area contributed by atoms with Gasteiger partial charge in [-0.15, -0.1) is 11.6 Å². The predicted octanol–water partition coefficient (Wildman–Crippen LogP) is 4.28. The SMILES string of the molecule is CCCOC(=O)OCC(=O)[C@@]1(OC(=O)OC)CC[C@H]2[C@@H]3CCC4=CC(=O)C=C[C@]4(C)[C@@]3(Cl)C(O)C[C@@]21C. The third-order valence-electron chi connectivity index (χ3n) is 9.38. The van der Waals surface area contributed by atoms with Crippen LogP contribution in [0, 0.1) is 22.7 Å². The zero-order valence-corrected chi connectivity index (χ0v) is 22.5. The molecular formula is C27H35ClO9. The summed E-state index contributed by atoms with van der Waals surface area (Å²) in [6.07, 6.45) is 4.35. The van der Waals surface area contributed by atoms with Crippen LogP contribution in [0.3, 0.4) is 0 Å². The van der Waals surface area contributed by atoms with E-state index < -0.39 is 52.1 Å². The number of alkyl halides is 1. The second-order valence-corrected chi connectivity index (χ2v) is 11.6. The average Bonchev–Trinajstić information content (AvgIpc) is 3.14. The first-order chi connectivity index (χ1) is 17.4. The lowest BCUT2D eigenvalue weighted by molar-refractivity contribution is -0.179. The van der Waals surface area contributed by atoms with Gasteiger partial charge in [0, 0.05) is 10.8 Å². The van der Waals surface area contributed by atoms with Gasteiger partial charge >= 0.3 is 12.3 Å². The molecule has 4 rings (SSSR count). The standard InChI is InChI=1S/C27H35ClO9/c1-5-12-35-23(33)36-15-21(31)26(37-22(32)34-4)11-9-18-19-7-6-16-13-17(29)8-10-24(16,2)27(19,28)20(30)14-25(18,26)3/h8,10,13,18-20,30H,5-7,9,11-12,14-15H2,1-4H3/t18-,19-,20?,24-,25-,26-,27-/m0/s1. The number of aliphatic hydroxyl groups excluding tert-OH is 1. The van der Waals surface area contributed by atoms with Crippen molar-refractivity contribution < 1.29 is 43.2 Å². The molecule has 204 valence electrons. The molecule has 0 amide bonds. The van der Waals surface area contributed by atoms with E-state index >= 15 is 0 Å². The van der Waals surface area contributed by atoms with Crippen molar-refractivity contribution >= 4 is 35.5 Å². The third kappa shape index (κ3) is 4.00. The quantitative estimate of drug-likeness (QED) is 0.389. The Hall–Kier alpha value is -2.39. The molecule has 0 aromatic heterocycles. The molecule has 0 bridgehead atoms. The summed E-state index contributed by atoms with van der Waals surface area (Å²) in [6.45, 7) is 5.10. The first-order valence-electron chi connectivity index (χ1n) is 12.8. The van der Waals surface area contributed by atoms with Crippen LogP contribution in [-0.2, 0) is 28.5 Å². The number of carbonyl (C=O) groups is 4. The number of aliphatic hydroxyl groups is 1. The fraction of sp³-hybridized carbons (Fsp3) is 0.704. The molecule has 4 aliphatic rings. The Bertz CT molecular complexity index is 1050. The highest BCUT2D eigenvalue weighted by molar-refractivity contribution is 6.26. The van der Waals surface area contributed by atoms with Gasteiger partial charge in [-0.05, 0) is 62.5 Å². The summed E-state index contributed by atoms with van der Waals surface area (Å²) in [7, 11) is 1.15. The van der Waals surface area contributed by atoms with Crippen molar-refractivity contribution in [2.75, 3.05) is 20.3 Å². The number of hydrogen-bond donors (Lipinski definition) is 1. The number of Topliss-reactive ketones (excluding diaryl/α,β-unsaturated/α-hetero) is 1. The van der Waals surface area contributed by atoms with E-state index in [4.69, 9.17) is 30.5 Å². The summed E-state index contributed by atoms with van der Waals surface area (Å²) in [5.41, 5.74) is -2.57. The van der Waals surface area contributed by atoms with Gasteiger partial charge in [0.05, 0.1) is 24.7 Å². The summed E-state index contributed by atoms with van der Waals surface area (Å²) in [5.74, 6) is -1.14. The van der Waals surface area contributed by atoms with Crippen molar-refractivity contribution in [1.29, 1.82) is 0 Å². The molecule has 4 aliphatic carbocycles. The molecule has 1 unspecified atom stereocenters. The van der Waals surface area contributed by atoms with Crippen molar-refractivity contribution in [3.63, 3.8) is 0 Å². The van der Waals surface area contributed by atoms with E-state index in [-0.39, 0.29) is 37.1 Å². The Morgan fingerprint density at radius 3 is 2.54 bits per heavy atom. The number of carbonyl (C=O) groups excluding carboxylic acids is 4. The van der Waals surface area contributed by atoms with Crippen LogP contribution in [0.2, 0.25) is 0 Å². The molecule has 3 fully saturated rings. The van der Waals surface area contributed by atoms with Crippen molar-refractivity contribution in [2.45, 2.75) is 75.9 Å². The molecule has 3 saturated carbocycles. The van der Waals surface area contributed by atoms with Crippen molar-refractivity contribution in [3.8, 4) is 0 Å². The van der Waals surface area contributed by atoms with Crippen molar-refractivity contribution in [2.24, 2.45) is 22.7 Å². The number of methoxy groups -OCH3 is 1. The third-order valence-corrected chi connectivity index (χ3v) is 10.3. The Kier molecular flexibility index (Phi) is 7.27. The number of allylic oxidation sites excluding steroid dienone is 4. The first kappa shape index (κ1) is 27.6. The monoisotopic (exact) mass is 538 g/mol. The molecule has 0 spiro atoms. The molecule has 0 aromatic carbocycles. The Labute approximate surface area is 221 Å². The van der Waals surface area contributed by atoms with Gasteiger partial charge in [-0.2, -0.15) is 0 Å². The summed E-state index contributed by atoms with van der Waals surface area (Å²) >= 11 is 7.42. The molecule has 1 N–H and O–H groups in total. The summed E-state index contributed by atoms with van der Waals surface area (Å²) < 4.78 is 20.4. The summed E-state index contributed by atoms with van der Waals surface area (Å²) in [6, 6.07) is 0. The zero-order valence-electron chi connectivity index (χ0n) is 21.7. The van der Waals surface area contributed by atoms with E-state index in [9.17, 15) is 24.3 Å². The largest absolute Gasteiger partial charge is 0.509 e. The minimum atomic E-state index is -1.69. The van der Waals surface area contributed by atoms with Crippen LogP contribution in [-0.4, -0.2) is 65.9 Å². The van der Waals surface area contributed by atoms with E-state index in [1.165, 1.54) is 6.08 Å². The van der Waals surface area contributed by atoms with E-state index in [0.29, 0.717) is 25.7 Å². The van der Waals surface area contributed by atoms with E-state index in [0.717, 1.165) is 12.7 Å². The van der Waals surface area contributed by atoms with Gasteiger partial charge in [0.25, 0.3) is 0 Å². The topological polar surface area (TPSA) is 125 Å². The molecule has 10 heteroatoms. The number of halogens is 1. The van der Waals surface area contributed by atoms with E-state index in [1.807, 2.05) is 20.8 Å². The molecule has 0 saturated heterocycles. The van der Waals surface area contributed by atoms with Gasteiger partial charge in [0.2, 0.25) is 5.78 Å². The molecule has 9 nitrogen and oxygen atoms in total. The second-order valence-electron chi connectivity index (χ2n) is 11.0. The molecule has 7 atom stereocenters. The minimum absolute atomic E-state index is 0.0609. The van der Waals surface area contributed by atoms with E-state index in [2.05, 4.69) is 0 Å². The maximum atomic E-state index is 13.7. The van der Waals surface area contributed by atoms with Gasteiger partial charge in [-0.3, -0.25) is 9.59 Å². The number of hydrogen-bond acceptors (Lipinski definition) is 9. The van der Waals surface area contributed by atoms with Gasteiger partial charge in [-0.1, -0.05) is 32.4 Å². The molecule has 0 radical (unpaired) electrons. The number of ketones is 2. The Morgan fingerprint density at radius 2 is 1.86 bits per heavy atom. The first-order valence-corrected chi connectivity index (χ1v) is 13.2. The van der Waals surface area contributed by atoms with Crippen molar-refractivity contribution in [1.82, 2.24) is 0 Å². The van der Waals surface area contributed by atoms with Gasteiger partial charge in [-0.25, -0.2) is 9.59 Å². The van der Waals surface area contributed by atoms with Crippen LogP contribution in [0.15, 0.2) is 23.8 Å². The fourth-order valence-corrected chi connectivity index (χ4v) is 8.06. The van der Waals surface area contributed by atoms with Crippen molar-refractivity contribution in [3.05, 3.63) is 23.8 Å². The van der Waals surface area contributed by atoms with Crippen LogP contribution < -0.4 is 0 Å². The molecule has 0 aliphatic heterocycles. The van der Waals surface area contributed by atoms with Gasteiger partial charge < -0.3 is 24.1 Å². The lowest BCUT2D eigenvalue weighted by Gasteiger charge is -2.63. The number of rotatable bonds is 6. The molecule has 0 heterocycles. The minimum Gasteiger partial charge on any atom is -0.438 e. The predicted molar refractivity (Wildman–Crippen MR) is 132 cm³/mol. The second kappa shape index (κ2) is 9.73. The summed E-state index contributed by atoms with van der Waals surface area (Å²) in [4.78, 5) is 49.0. The van der Waals surface area contributed by atoms with E-state index in [1.54, 1.807) is 12.2 Å². The molecule has 0 aromatic rings. The smallest absolute Gasteiger partial charge is 0.438 e. The van der Waals surface area contributed by atoms with Crippen LogP contribution in [0.4, 0.5) is 9.59 Å². The maximum Gasteiger partial charge on any atom is 0.509 e. The van der Waals surface area contributed by atoms with Crippen LogP contribution >= 0.6 is 11.6 Å². The fourth-order valence-electron chi connectivity index (χ4n) is 7.53. The van der Waals surface area contributed by atoms with Crippen LogP contribution in [0.5, 0.6) is 0 Å². The van der Waals surface area contributed by atoms with Gasteiger partial charge in [0.15, 0.2) is 18.0 Å². The normalized spacial score (nSPS) is 40.0. The molecular weight excluding hydrogens is 504 g/mol. The highest BCUT2D eigenvalue weighted by Gasteiger charge is 2.74. The van der Waals surface area contributed by atoms with Crippen LogP contribution in [0.25, 0.3) is 0 Å². The lowest BCUT2D eigenvalue weighted by atomic mass is 9.45. The Morgan fingerprint density at radius 1 is 1.14 bits per heavy atom. The van der Waals surface area contributed by atoms with Gasteiger partial charge in [0.1, 0.15) is 0 Å². The Balaban J connectivity index is 1.70. The molecule has 37 heavy (non-hydrogen) atoms. The highest BCUT2D eigenvalue weighted by atomic mass is 35.5. The number of ether oxygens (including phenoxy) is 4. The summed E-state index contributed by atoms with van der Waals surface area (Å²) in [5, 5.41) is 11.7. The maximum absolute atomic E-state index is 13.7. The average molecular weight is 539 g/mol. The number of fused-ring (bicyclic) bond motifs is 5. The van der Waals surface area contributed by atoms with Crippen LogP contribution in [0.1, 0.15) is 59.3 Å².